The Morgan fingerprint density at radius 3 is 2.78 bits per heavy atom. The number of nitrogens with zero attached hydrogens (tertiary/aromatic N) is 2. The van der Waals surface area contributed by atoms with Crippen LogP contribution in [0.3, 0.4) is 0 Å². The lowest BCUT2D eigenvalue weighted by Gasteiger charge is -2.36. The van der Waals surface area contributed by atoms with Gasteiger partial charge in [0.1, 0.15) is 0 Å². The molecule has 0 saturated carbocycles. The van der Waals surface area contributed by atoms with E-state index in [1.807, 2.05) is 13.1 Å². The Kier molecular flexibility index (Phi) is 5.36. The molecule has 1 aromatic carbocycles. The Bertz CT molecular complexity index is 606. The Labute approximate surface area is 139 Å². The van der Waals surface area contributed by atoms with E-state index in [2.05, 4.69) is 34.1 Å². The molecule has 6 heteroatoms. The van der Waals surface area contributed by atoms with E-state index in [9.17, 15) is 8.42 Å². The molecule has 1 aromatic rings. The van der Waals surface area contributed by atoms with Crippen molar-refractivity contribution >= 4 is 9.84 Å². The predicted molar refractivity (Wildman–Crippen MR) is 91.1 cm³/mol. The van der Waals surface area contributed by atoms with Crippen LogP contribution in [0.15, 0.2) is 30.3 Å². The second kappa shape index (κ2) is 7.30. The van der Waals surface area contributed by atoms with Gasteiger partial charge in [-0.2, -0.15) is 0 Å². The fraction of sp³-hybridized carbons (Fsp3) is 0.647. The Morgan fingerprint density at radius 2 is 2.09 bits per heavy atom. The highest BCUT2D eigenvalue weighted by Gasteiger charge is 2.32. The van der Waals surface area contributed by atoms with Crippen molar-refractivity contribution in [3.8, 4) is 0 Å². The van der Waals surface area contributed by atoms with Crippen molar-refractivity contribution in [2.45, 2.75) is 25.1 Å². The van der Waals surface area contributed by atoms with Crippen molar-refractivity contribution < 1.29 is 13.2 Å². The zero-order valence-corrected chi connectivity index (χ0v) is 14.5. The lowest BCUT2D eigenvalue weighted by molar-refractivity contribution is -0.0464. The predicted octanol–water partition coefficient (Wildman–Crippen LogP) is 1.01. The van der Waals surface area contributed by atoms with E-state index in [0.717, 1.165) is 39.2 Å². The van der Waals surface area contributed by atoms with Gasteiger partial charge in [-0.3, -0.25) is 9.80 Å². The fourth-order valence-corrected chi connectivity index (χ4v) is 5.27. The summed E-state index contributed by atoms with van der Waals surface area (Å²) in [4.78, 5) is 4.59. The summed E-state index contributed by atoms with van der Waals surface area (Å²) in [6.07, 6.45) is 0.903. The lowest BCUT2D eigenvalue weighted by Crippen LogP contribution is -2.48. The number of morpholine rings is 1. The highest BCUT2D eigenvalue weighted by atomic mass is 32.2. The van der Waals surface area contributed by atoms with Crippen LogP contribution in [0.1, 0.15) is 12.0 Å². The standard InChI is InChI=1S/C17H26N2O3S/c1-18(16-7-10-23(20,21)14-16)12-17-13-19(8-9-22-17)11-15-5-3-2-4-6-15/h2-6,16-17H,7-14H2,1H3/t16-,17+/m1/s1. The molecule has 2 aliphatic heterocycles. The van der Waals surface area contributed by atoms with Gasteiger partial charge in [-0.15, -0.1) is 0 Å². The number of ether oxygens (including phenoxy) is 1. The van der Waals surface area contributed by atoms with E-state index < -0.39 is 9.84 Å². The van der Waals surface area contributed by atoms with Crippen molar-refractivity contribution in [3.05, 3.63) is 35.9 Å². The second-order valence-electron chi connectivity index (χ2n) is 6.71. The molecule has 2 aliphatic rings. The van der Waals surface area contributed by atoms with Crippen LogP contribution in [0.2, 0.25) is 0 Å². The number of benzene rings is 1. The third kappa shape index (κ3) is 4.76. The van der Waals surface area contributed by atoms with Crippen LogP contribution in [-0.4, -0.2) is 75.2 Å². The van der Waals surface area contributed by atoms with E-state index in [1.165, 1.54) is 5.56 Å². The molecule has 0 N–H and O–H groups in total. The highest BCUT2D eigenvalue weighted by molar-refractivity contribution is 7.91. The van der Waals surface area contributed by atoms with Gasteiger partial charge in [0.25, 0.3) is 0 Å². The molecule has 23 heavy (non-hydrogen) atoms. The maximum absolute atomic E-state index is 11.6. The topological polar surface area (TPSA) is 49.9 Å². The largest absolute Gasteiger partial charge is 0.374 e. The SMILES string of the molecule is CN(C[C@H]1CN(Cc2ccccc2)CCO1)[C@@H]1CCS(=O)(=O)C1. The van der Waals surface area contributed by atoms with Crippen molar-refractivity contribution in [2.24, 2.45) is 0 Å². The van der Waals surface area contributed by atoms with Crippen molar-refractivity contribution in [2.75, 3.05) is 44.8 Å². The molecule has 3 rings (SSSR count). The van der Waals surface area contributed by atoms with E-state index in [4.69, 9.17) is 4.74 Å². The molecule has 0 radical (unpaired) electrons. The number of likely N-dealkylation sites (N-methyl/N-ethyl adjacent to an activating group) is 1. The first-order valence-electron chi connectivity index (χ1n) is 8.30. The summed E-state index contributed by atoms with van der Waals surface area (Å²) in [5.41, 5.74) is 1.32. The molecule has 0 unspecified atom stereocenters. The average molecular weight is 338 g/mol. The maximum Gasteiger partial charge on any atom is 0.151 e. The Balaban J connectivity index is 1.50. The minimum absolute atomic E-state index is 0.146. The summed E-state index contributed by atoms with van der Waals surface area (Å²) in [6, 6.07) is 10.6. The van der Waals surface area contributed by atoms with E-state index >= 15 is 0 Å². The quantitative estimate of drug-likeness (QED) is 0.802. The average Bonchev–Trinajstić information content (AvgIpc) is 2.89. The van der Waals surface area contributed by atoms with E-state index in [1.54, 1.807) is 0 Å². The zero-order chi connectivity index (χ0) is 16.3. The van der Waals surface area contributed by atoms with Gasteiger partial charge >= 0.3 is 0 Å². The first-order chi connectivity index (χ1) is 11.0. The highest BCUT2D eigenvalue weighted by Crippen LogP contribution is 2.18. The third-order valence-corrected chi connectivity index (χ3v) is 6.55. The van der Waals surface area contributed by atoms with Crippen LogP contribution < -0.4 is 0 Å². The first-order valence-corrected chi connectivity index (χ1v) is 10.1. The molecule has 0 amide bonds. The summed E-state index contributed by atoms with van der Waals surface area (Å²) >= 11 is 0. The summed E-state index contributed by atoms with van der Waals surface area (Å²) < 4.78 is 29.1. The van der Waals surface area contributed by atoms with Gasteiger partial charge in [0.15, 0.2) is 9.84 Å². The summed E-state index contributed by atoms with van der Waals surface area (Å²) in [5.74, 6) is 0.623. The summed E-state index contributed by atoms with van der Waals surface area (Å²) in [5, 5.41) is 0. The third-order valence-electron chi connectivity index (χ3n) is 4.80. The molecule has 5 nitrogen and oxygen atoms in total. The van der Waals surface area contributed by atoms with Gasteiger partial charge in [0, 0.05) is 32.2 Å². The van der Waals surface area contributed by atoms with Crippen molar-refractivity contribution in [1.82, 2.24) is 9.80 Å². The van der Waals surface area contributed by atoms with Crippen molar-refractivity contribution in [1.29, 1.82) is 0 Å². The number of sulfone groups is 1. The number of rotatable bonds is 5. The lowest BCUT2D eigenvalue weighted by atomic mass is 10.1. The van der Waals surface area contributed by atoms with Crippen LogP contribution in [-0.2, 0) is 21.1 Å². The van der Waals surface area contributed by atoms with Gasteiger partial charge in [0.2, 0.25) is 0 Å². The Morgan fingerprint density at radius 1 is 1.30 bits per heavy atom. The molecule has 0 aromatic heterocycles. The number of hydrogen-bond donors (Lipinski definition) is 0. The van der Waals surface area contributed by atoms with Crippen LogP contribution in [0, 0.1) is 0 Å². The van der Waals surface area contributed by atoms with E-state index in [0.29, 0.717) is 11.5 Å². The number of hydrogen-bond acceptors (Lipinski definition) is 5. The Hall–Kier alpha value is -0.950. The molecule has 0 spiro atoms. The van der Waals surface area contributed by atoms with Gasteiger partial charge in [0.05, 0.1) is 24.2 Å². The molecular weight excluding hydrogens is 312 g/mol. The van der Waals surface area contributed by atoms with Crippen LogP contribution in [0.5, 0.6) is 0 Å². The smallest absolute Gasteiger partial charge is 0.151 e. The zero-order valence-electron chi connectivity index (χ0n) is 13.7. The molecule has 2 saturated heterocycles. The van der Waals surface area contributed by atoms with Crippen LogP contribution in [0.4, 0.5) is 0 Å². The molecule has 0 bridgehead atoms. The second-order valence-corrected chi connectivity index (χ2v) is 8.94. The van der Waals surface area contributed by atoms with Crippen LogP contribution in [0.25, 0.3) is 0 Å². The first kappa shape index (κ1) is 16.9. The molecule has 2 fully saturated rings. The monoisotopic (exact) mass is 338 g/mol. The van der Waals surface area contributed by atoms with Gasteiger partial charge in [-0.1, -0.05) is 30.3 Å². The minimum Gasteiger partial charge on any atom is -0.374 e. The normalized spacial score (nSPS) is 28.3. The molecular formula is C17H26N2O3S. The van der Waals surface area contributed by atoms with Crippen LogP contribution >= 0.6 is 0 Å². The molecule has 128 valence electrons. The summed E-state index contributed by atoms with van der Waals surface area (Å²) in [6.45, 7) is 4.34. The van der Waals surface area contributed by atoms with Crippen molar-refractivity contribution in [3.63, 3.8) is 0 Å². The minimum atomic E-state index is -2.83. The van der Waals surface area contributed by atoms with E-state index in [-0.39, 0.29) is 12.1 Å². The van der Waals surface area contributed by atoms with Gasteiger partial charge in [-0.05, 0) is 19.0 Å². The van der Waals surface area contributed by atoms with Gasteiger partial charge < -0.3 is 4.74 Å². The van der Waals surface area contributed by atoms with Gasteiger partial charge in [-0.25, -0.2) is 8.42 Å². The molecule has 0 aliphatic carbocycles. The maximum atomic E-state index is 11.6. The molecule has 2 atom stereocenters. The molecule has 2 heterocycles. The fourth-order valence-electron chi connectivity index (χ4n) is 3.47. The summed E-state index contributed by atoms with van der Waals surface area (Å²) in [7, 11) is -0.807.